The van der Waals surface area contributed by atoms with Gasteiger partial charge in [-0.2, -0.15) is 13.2 Å². The van der Waals surface area contributed by atoms with E-state index >= 15 is 0 Å². The van der Waals surface area contributed by atoms with E-state index in [4.69, 9.17) is 4.74 Å². The maximum absolute atomic E-state index is 13.2. The molecule has 2 aromatic rings. The standard InChI is InChI=1S/C18H16F3NO4S/c1-26-13-6-8-14(9-7-13)27-17(23)10-12(11-22(24)25)15-4-2-3-5-16(15)18(19,20)21/h2-9,12H,10-11H2,1H3/t12-/m0/s1. The summed E-state index contributed by atoms with van der Waals surface area (Å²) >= 11 is 0.828. The second-order valence-electron chi connectivity index (χ2n) is 5.65. The lowest BCUT2D eigenvalue weighted by molar-refractivity contribution is -0.483. The second-order valence-corrected chi connectivity index (χ2v) is 6.78. The van der Waals surface area contributed by atoms with Gasteiger partial charge in [-0.3, -0.25) is 14.9 Å². The van der Waals surface area contributed by atoms with Gasteiger partial charge < -0.3 is 4.74 Å². The molecule has 0 radical (unpaired) electrons. The lowest BCUT2D eigenvalue weighted by Crippen LogP contribution is -2.19. The number of rotatable bonds is 7. The third kappa shape index (κ3) is 5.99. The van der Waals surface area contributed by atoms with Gasteiger partial charge >= 0.3 is 6.18 Å². The number of ether oxygens (including phenoxy) is 1. The number of hydrogen-bond acceptors (Lipinski definition) is 5. The average molecular weight is 399 g/mol. The molecule has 0 fully saturated rings. The summed E-state index contributed by atoms with van der Waals surface area (Å²) in [6.07, 6.45) is -5.04. The zero-order valence-electron chi connectivity index (χ0n) is 14.2. The number of benzene rings is 2. The number of carbonyl (C=O) groups excluding carboxylic acids is 1. The summed E-state index contributed by atoms with van der Waals surface area (Å²) in [5.74, 6) is -0.576. The Morgan fingerprint density at radius 1 is 1.19 bits per heavy atom. The van der Waals surface area contributed by atoms with Crippen molar-refractivity contribution in [3.8, 4) is 5.75 Å². The molecule has 0 spiro atoms. The Morgan fingerprint density at radius 3 is 2.37 bits per heavy atom. The normalized spacial score (nSPS) is 12.4. The van der Waals surface area contributed by atoms with Crippen molar-refractivity contribution in [2.24, 2.45) is 0 Å². The van der Waals surface area contributed by atoms with E-state index in [1.54, 1.807) is 24.3 Å². The van der Waals surface area contributed by atoms with Crippen LogP contribution in [0.15, 0.2) is 53.4 Å². The summed E-state index contributed by atoms with van der Waals surface area (Å²) in [4.78, 5) is 23.1. The van der Waals surface area contributed by atoms with Gasteiger partial charge in [-0.1, -0.05) is 30.0 Å². The number of thioether (sulfide) groups is 1. The first kappa shape index (κ1) is 20.8. The highest BCUT2D eigenvalue weighted by molar-refractivity contribution is 8.13. The molecule has 0 aliphatic carbocycles. The summed E-state index contributed by atoms with van der Waals surface area (Å²) in [6, 6.07) is 11.2. The van der Waals surface area contributed by atoms with Crippen LogP contribution in [0.3, 0.4) is 0 Å². The third-order valence-electron chi connectivity index (χ3n) is 3.78. The topological polar surface area (TPSA) is 69.4 Å². The molecule has 0 saturated heterocycles. The van der Waals surface area contributed by atoms with Crippen molar-refractivity contribution < 1.29 is 27.6 Å². The van der Waals surface area contributed by atoms with E-state index in [0.29, 0.717) is 10.6 Å². The molecule has 0 N–H and O–H groups in total. The van der Waals surface area contributed by atoms with E-state index in [2.05, 4.69) is 0 Å². The van der Waals surface area contributed by atoms with Crippen molar-refractivity contribution in [3.05, 3.63) is 69.8 Å². The minimum absolute atomic E-state index is 0.245. The fourth-order valence-electron chi connectivity index (χ4n) is 2.58. The molecule has 1 atom stereocenters. The number of alkyl halides is 3. The lowest BCUT2D eigenvalue weighted by atomic mass is 9.91. The second kappa shape index (κ2) is 8.90. The van der Waals surface area contributed by atoms with Crippen molar-refractivity contribution in [2.75, 3.05) is 13.7 Å². The third-order valence-corrected chi connectivity index (χ3v) is 4.68. The van der Waals surface area contributed by atoms with E-state index in [0.717, 1.165) is 17.8 Å². The Bertz CT molecular complexity index is 809. The predicted octanol–water partition coefficient (Wildman–Crippen LogP) is 4.78. The van der Waals surface area contributed by atoms with Crippen molar-refractivity contribution in [1.82, 2.24) is 0 Å². The molecule has 0 aromatic heterocycles. The smallest absolute Gasteiger partial charge is 0.416 e. The zero-order valence-corrected chi connectivity index (χ0v) is 15.0. The summed E-state index contributed by atoms with van der Waals surface area (Å²) in [5, 5.41) is 10.5. The predicted molar refractivity (Wildman–Crippen MR) is 94.5 cm³/mol. The summed E-state index contributed by atoms with van der Waals surface area (Å²) in [7, 11) is 1.49. The summed E-state index contributed by atoms with van der Waals surface area (Å²) < 4.78 is 44.7. The van der Waals surface area contributed by atoms with Crippen molar-refractivity contribution >= 4 is 16.9 Å². The van der Waals surface area contributed by atoms with Crippen LogP contribution in [0.2, 0.25) is 0 Å². The first-order valence-electron chi connectivity index (χ1n) is 7.83. The van der Waals surface area contributed by atoms with E-state index in [1.165, 1.54) is 25.3 Å². The highest BCUT2D eigenvalue weighted by Crippen LogP contribution is 2.37. The first-order chi connectivity index (χ1) is 12.7. The highest BCUT2D eigenvalue weighted by atomic mass is 32.2. The van der Waals surface area contributed by atoms with Crippen LogP contribution in [0.4, 0.5) is 13.2 Å². The fourth-order valence-corrected chi connectivity index (χ4v) is 3.40. The van der Waals surface area contributed by atoms with Crippen molar-refractivity contribution in [1.29, 1.82) is 0 Å². The van der Waals surface area contributed by atoms with Gasteiger partial charge in [0.25, 0.3) is 0 Å². The van der Waals surface area contributed by atoms with Crippen molar-refractivity contribution in [3.63, 3.8) is 0 Å². The van der Waals surface area contributed by atoms with Crippen LogP contribution in [-0.2, 0) is 11.0 Å². The molecule has 2 aromatic carbocycles. The Labute approximate surface area is 157 Å². The lowest BCUT2D eigenvalue weighted by Gasteiger charge is -2.18. The van der Waals surface area contributed by atoms with Gasteiger partial charge in [0.2, 0.25) is 6.54 Å². The Kier molecular flexibility index (Phi) is 6.84. The molecule has 0 aliphatic heterocycles. The van der Waals surface area contributed by atoms with Crippen LogP contribution in [0, 0.1) is 10.1 Å². The van der Waals surface area contributed by atoms with Crippen LogP contribution >= 0.6 is 11.8 Å². The molecular formula is C18H16F3NO4S. The maximum Gasteiger partial charge on any atom is 0.416 e. The van der Waals surface area contributed by atoms with Gasteiger partial charge in [-0.05, 0) is 35.9 Å². The van der Waals surface area contributed by atoms with E-state index in [9.17, 15) is 28.1 Å². The van der Waals surface area contributed by atoms with E-state index in [1.807, 2.05) is 0 Å². The van der Waals surface area contributed by atoms with E-state index in [-0.39, 0.29) is 12.0 Å². The van der Waals surface area contributed by atoms with E-state index < -0.39 is 34.2 Å². The zero-order chi connectivity index (χ0) is 20.0. The minimum Gasteiger partial charge on any atom is -0.497 e. The monoisotopic (exact) mass is 399 g/mol. The number of nitrogens with zero attached hydrogens (tertiary/aromatic N) is 1. The molecule has 0 aliphatic rings. The number of halogens is 3. The van der Waals surface area contributed by atoms with Gasteiger partial charge in [0, 0.05) is 16.2 Å². The molecule has 0 amide bonds. The maximum atomic E-state index is 13.2. The quantitative estimate of drug-likeness (QED) is 0.381. The molecule has 144 valence electrons. The number of nitro groups is 1. The van der Waals surface area contributed by atoms with Crippen molar-refractivity contribution in [2.45, 2.75) is 23.4 Å². The number of hydrogen-bond donors (Lipinski definition) is 0. The molecule has 0 heterocycles. The average Bonchev–Trinajstić information content (AvgIpc) is 2.60. The first-order valence-corrected chi connectivity index (χ1v) is 8.65. The Balaban J connectivity index is 2.22. The number of carbonyl (C=O) groups is 1. The largest absolute Gasteiger partial charge is 0.497 e. The summed E-state index contributed by atoms with van der Waals surface area (Å²) in [6.45, 7) is -0.762. The van der Waals surface area contributed by atoms with Crippen LogP contribution in [0.5, 0.6) is 5.75 Å². The Hall–Kier alpha value is -2.55. The highest BCUT2D eigenvalue weighted by Gasteiger charge is 2.36. The SMILES string of the molecule is COc1ccc(SC(=O)C[C@@H](C[N+](=O)[O-])c2ccccc2C(F)(F)F)cc1. The van der Waals surface area contributed by atoms with Gasteiger partial charge in [0.05, 0.1) is 18.6 Å². The molecule has 2 rings (SSSR count). The van der Waals surface area contributed by atoms with Crippen LogP contribution in [-0.4, -0.2) is 23.7 Å². The van der Waals surface area contributed by atoms with Crippen LogP contribution in [0.1, 0.15) is 23.5 Å². The molecule has 27 heavy (non-hydrogen) atoms. The molecule has 5 nitrogen and oxygen atoms in total. The molecular weight excluding hydrogens is 383 g/mol. The molecule has 0 bridgehead atoms. The van der Waals surface area contributed by atoms with Crippen LogP contribution in [0.25, 0.3) is 0 Å². The van der Waals surface area contributed by atoms with Gasteiger partial charge in [-0.15, -0.1) is 0 Å². The molecule has 9 heteroatoms. The number of methoxy groups -OCH3 is 1. The Morgan fingerprint density at radius 2 is 1.81 bits per heavy atom. The summed E-state index contributed by atoms with van der Waals surface area (Å²) in [5.41, 5.74) is -1.20. The molecule has 0 saturated carbocycles. The molecule has 0 unspecified atom stereocenters. The van der Waals surface area contributed by atoms with Crippen LogP contribution < -0.4 is 4.74 Å². The minimum atomic E-state index is -4.66. The fraction of sp³-hybridized carbons (Fsp3) is 0.278. The van der Waals surface area contributed by atoms with Gasteiger partial charge in [0.1, 0.15) is 5.75 Å². The van der Waals surface area contributed by atoms with Gasteiger partial charge in [-0.25, -0.2) is 0 Å². The van der Waals surface area contributed by atoms with Gasteiger partial charge in [0.15, 0.2) is 5.12 Å².